The van der Waals surface area contributed by atoms with Crippen molar-refractivity contribution in [2.24, 2.45) is 0 Å². The lowest BCUT2D eigenvalue weighted by molar-refractivity contribution is 0.137. The zero-order chi connectivity index (χ0) is 14.0. The van der Waals surface area contributed by atoms with Gasteiger partial charge in [0.05, 0.1) is 13.2 Å². The highest BCUT2D eigenvalue weighted by Crippen LogP contribution is 1.93. The van der Waals surface area contributed by atoms with Crippen molar-refractivity contribution in [1.82, 2.24) is 10.6 Å². The third-order valence-electron chi connectivity index (χ3n) is 2.87. The summed E-state index contributed by atoms with van der Waals surface area (Å²) < 4.78 is 5.53. The molecule has 3 nitrogen and oxygen atoms in total. The zero-order valence-electron chi connectivity index (χ0n) is 12.5. The number of allylic oxidation sites excluding steroid dienone is 2. The van der Waals surface area contributed by atoms with Crippen molar-refractivity contribution in [2.45, 2.75) is 38.5 Å². The molecule has 19 heavy (non-hydrogen) atoms. The molecule has 0 aliphatic heterocycles. The predicted octanol–water partition coefficient (Wildman–Crippen LogP) is 2.89. The largest absolute Gasteiger partial charge is 0.379 e. The molecule has 0 atom stereocenters. The van der Waals surface area contributed by atoms with Crippen LogP contribution >= 0.6 is 0 Å². The Labute approximate surface area is 119 Å². The van der Waals surface area contributed by atoms with Crippen molar-refractivity contribution in [3.05, 3.63) is 25.3 Å². The maximum absolute atomic E-state index is 5.53. The fraction of sp³-hybridized carbons (Fsp3) is 0.750. The number of nitrogens with one attached hydrogen (secondary N) is 2. The van der Waals surface area contributed by atoms with E-state index in [1.807, 2.05) is 12.2 Å². The van der Waals surface area contributed by atoms with Gasteiger partial charge in [-0.25, -0.2) is 0 Å². The highest BCUT2D eigenvalue weighted by atomic mass is 16.5. The van der Waals surface area contributed by atoms with Gasteiger partial charge in [-0.2, -0.15) is 0 Å². The zero-order valence-corrected chi connectivity index (χ0v) is 12.5. The van der Waals surface area contributed by atoms with Crippen LogP contribution in [0.5, 0.6) is 0 Å². The molecule has 112 valence electrons. The molecule has 0 saturated carbocycles. The van der Waals surface area contributed by atoms with Gasteiger partial charge in [-0.1, -0.05) is 12.2 Å². The second kappa shape index (κ2) is 17.4. The van der Waals surface area contributed by atoms with Crippen molar-refractivity contribution >= 4 is 0 Å². The quantitative estimate of drug-likeness (QED) is 0.333. The first kappa shape index (κ1) is 18.4. The molecule has 0 rings (SSSR count). The molecule has 0 radical (unpaired) electrons. The molecule has 0 heterocycles. The van der Waals surface area contributed by atoms with Crippen LogP contribution in [0.1, 0.15) is 38.5 Å². The maximum atomic E-state index is 5.53. The van der Waals surface area contributed by atoms with Crippen molar-refractivity contribution in [3.8, 4) is 0 Å². The van der Waals surface area contributed by atoms with Gasteiger partial charge in [0, 0.05) is 13.1 Å². The number of rotatable bonds is 16. The predicted molar refractivity (Wildman–Crippen MR) is 84.7 cm³/mol. The summed E-state index contributed by atoms with van der Waals surface area (Å²) in [7, 11) is 0. The number of hydrogen-bond acceptors (Lipinski definition) is 3. The molecule has 0 aliphatic carbocycles. The van der Waals surface area contributed by atoms with Crippen LogP contribution in [0.2, 0.25) is 0 Å². The van der Waals surface area contributed by atoms with E-state index in [9.17, 15) is 0 Å². The molecule has 2 N–H and O–H groups in total. The summed E-state index contributed by atoms with van der Waals surface area (Å²) >= 11 is 0. The van der Waals surface area contributed by atoms with Crippen LogP contribution in [0.3, 0.4) is 0 Å². The molecular formula is C16H32N2O. The van der Waals surface area contributed by atoms with Crippen LogP contribution in [0.4, 0.5) is 0 Å². The molecule has 0 aromatic heterocycles. The summed E-state index contributed by atoms with van der Waals surface area (Å²) in [5, 5.41) is 6.76. The average Bonchev–Trinajstić information content (AvgIpc) is 2.43. The van der Waals surface area contributed by atoms with Gasteiger partial charge in [0.15, 0.2) is 0 Å². The van der Waals surface area contributed by atoms with Crippen molar-refractivity contribution in [3.63, 3.8) is 0 Å². The smallest absolute Gasteiger partial charge is 0.0591 e. The number of ether oxygens (including phenoxy) is 1. The minimum absolute atomic E-state index is 0.805. The molecular weight excluding hydrogens is 236 g/mol. The van der Waals surface area contributed by atoms with Crippen LogP contribution in [0, 0.1) is 0 Å². The third kappa shape index (κ3) is 17.4. The first-order chi connectivity index (χ1) is 9.41. The topological polar surface area (TPSA) is 33.3 Å². The highest BCUT2D eigenvalue weighted by Gasteiger charge is 1.91. The Hall–Kier alpha value is -0.640. The summed E-state index contributed by atoms with van der Waals surface area (Å²) in [5.41, 5.74) is 0. The molecule has 0 saturated heterocycles. The minimum Gasteiger partial charge on any atom is -0.379 e. The van der Waals surface area contributed by atoms with Crippen molar-refractivity contribution in [2.75, 3.05) is 39.4 Å². The van der Waals surface area contributed by atoms with E-state index in [1.54, 1.807) is 0 Å². The van der Waals surface area contributed by atoms with Crippen LogP contribution in [0.15, 0.2) is 25.3 Å². The summed E-state index contributed by atoms with van der Waals surface area (Å²) in [6, 6.07) is 0. The lowest BCUT2D eigenvalue weighted by Crippen LogP contribution is -2.24. The summed E-state index contributed by atoms with van der Waals surface area (Å²) in [6.45, 7) is 13.1. The maximum Gasteiger partial charge on any atom is 0.0591 e. The molecule has 0 aromatic carbocycles. The van der Waals surface area contributed by atoms with E-state index < -0.39 is 0 Å². The van der Waals surface area contributed by atoms with Crippen LogP contribution < -0.4 is 10.6 Å². The van der Waals surface area contributed by atoms with Gasteiger partial charge in [0.1, 0.15) is 0 Å². The monoisotopic (exact) mass is 268 g/mol. The highest BCUT2D eigenvalue weighted by molar-refractivity contribution is 4.66. The lowest BCUT2D eigenvalue weighted by Gasteiger charge is -2.07. The second-order valence-electron chi connectivity index (χ2n) is 4.68. The number of hydrogen-bond donors (Lipinski definition) is 2. The van der Waals surface area contributed by atoms with Gasteiger partial charge in [0.25, 0.3) is 0 Å². The first-order valence-electron chi connectivity index (χ1n) is 7.62. The Kier molecular flexibility index (Phi) is 16.8. The minimum atomic E-state index is 0.805. The molecule has 0 aliphatic rings. The molecule has 3 heteroatoms. The first-order valence-corrected chi connectivity index (χ1v) is 7.62. The van der Waals surface area contributed by atoms with Gasteiger partial charge in [-0.15, -0.1) is 13.2 Å². The van der Waals surface area contributed by atoms with E-state index in [2.05, 4.69) is 23.8 Å². The van der Waals surface area contributed by atoms with Crippen LogP contribution in [0.25, 0.3) is 0 Å². The standard InChI is InChI=1S/C16H32N2O/c1-3-5-7-9-11-17-13-15-19-16-14-18-12-10-8-6-4-2/h3-4,17-18H,1-2,5-16H2. The Morgan fingerprint density at radius 1 is 0.684 bits per heavy atom. The third-order valence-corrected chi connectivity index (χ3v) is 2.87. The van der Waals surface area contributed by atoms with Crippen molar-refractivity contribution in [1.29, 1.82) is 0 Å². The van der Waals surface area contributed by atoms with Gasteiger partial charge >= 0.3 is 0 Å². The fourth-order valence-corrected chi connectivity index (χ4v) is 1.72. The summed E-state index contributed by atoms with van der Waals surface area (Å²) in [4.78, 5) is 0. The van der Waals surface area contributed by atoms with Gasteiger partial charge in [0.2, 0.25) is 0 Å². The van der Waals surface area contributed by atoms with Crippen LogP contribution in [-0.4, -0.2) is 39.4 Å². The van der Waals surface area contributed by atoms with Gasteiger partial charge in [-0.05, 0) is 51.6 Å². The Bertz CT molecular complexity index is 175. The van der Waals surface area contributed by atoms with Crippen molar-refractivity contribution < 1.29 is 4.74 Å². The van der Waals surface area contributed by atoms with Crippen LogP contribution in [-0.2, 0) is 4.74 Å². The number of unbranched alkanes of at least 4 members (excludes halogenated alkanes) is 4. The molecule has 0 aromatic rings. The lowest BCUT2D eigenvalue weighted by atomic mass is 10.2. The van der Waals surface area contributed by atoms with E-state index in [4.69, 9.17) is 4.74 Å². The normalized spacial score (nSPS) is 10.5. The molecule has 0 amide bonds. The summed E-state index contributed by atoms with van der Waals surface area (Å²) in [6.07, 6.45) is 11.1. The van der Waals surface area contributed by atoms with E-state index in [0.29, 0.717) is 0 Å². The van der Waals surface area contributed by atoms with E-state index in [1.165, 1.54) is 25.7 Å². The molecule has 0 unspecified atom stereocenters. The van der Waals surface area contributed by atoms with E-state index in [0.717, 1.165) is 52.2 Å². The molecule has 0 spiro atoms. The Balaban J connectivity index is 2.91. The van der Waals surface area contributed by atoms with E-state index in [-0.39, 0.29) is 0 Å². The van der Waals surface area contributed by atoms with Gasteiger partial charge in [-0.3, -0.25) is 0 Å². The van der Waals surface area contributed by atoms with E-state index >= 15 is 0 Å². The summed E-state index contributed by atoms with van der Waals surface area (Å²) in [5.74, 6) is 0. The Morgan fingerprint density at radius 2 is 1.16 bits per heavy atom. The van der Waals surface area contributed by atoms with Gasteiger partial charge < -0.3 is 15.4 Å². The Morgan fingerprint density at radius 3 is 1.58 bits per heavy atom. The fourth-order valence-electron chi connectivity index (χ4n) is 1.72. The molecule has 0 fully saturated rings. The second-order valence-corrected chi connectivity index (χ2v) is 4.68. The molecule has 0 bridgehead atoms. The SMILES string of the molecule is C=CCCCCNCCOCCNCCCCC=C. The average molecular weight is 268 g/mol.